The van der Waals surface area contributed by atoms with E-state index in [1.54, 1.807) is 0 Å². The Hall–Kier alpha value is -0.260. The van der Waals surface area contributed by atoms with Crippen molar-refractivity contribution in [1.29, 1.82) is 0 Å². The van der Waals surface area contributed by atoms with E-state index in [0.717, 1.165) is 11.8 Å². The molecule has 0 N–H and O–H groups in total. The van der Waals surface area contributed by atoms with E-state index in [4.69, 9.17) is 0 Å². The molecule has 0 bridgehead atoms. The highest BCUT2D eigenvalue weighted by Gasteiger charge is 2.12. The molecule has 1 rings (SSSR count). The maximum absolute atomic E-state index is 2.45. The molecule has 0 spiro atoms. The van der Waals surface area contributed by atoms with E-state index in [1.165, 1.54) is 38.5 Å². The predicted octanol–water partition coefficient (Wildman–Crippen LogP) is 4.17. The molecular formula is C12H22. The van der Waals surface area contributed by atoms with Crippen LogP contribution in [0.5, 0.6) is 0 Å². The highest BCUT2D eigenvalue weighted by atomic mass is 14.2. The summed E-state index contributed by atoms with van der Waals surface area (Å²) in [5.41, 5.74) is 0. The summed E-state index contributed by atoms with van der Waals surface area (Å²) in [6.07, 6.45) is 13.2. The van der Waals surface area contributed by atoms with E-state index in [0.29, 0.717) is 0 Å². The molecule has 0 nitrogen and oxygen atoms in total. The van der Waals surface area contributed by atoms with Crippen LogP contribution in [0.25, 0.3) is 0 Å². The van der Waals surface area contributed by atoms with Gasteiger partial charge in [0.25, 0.3) is 0 Å². The Balaban J connectivity index is 2.28. The van der Waals surface area contributed by atoms with Crippen molar-refractivity contribution < 1.29 is 0 Å². The third-order valence-corrected chi connectivity index (χ3v) is 3.14. The lowest BCUT2D eigenvalue weighted by Crippen LogP contribution is -2.07. The maximum atomic E-state index is 2.45. The molecule has 1 atom stereocenters. The third kappa shape index (κ3) is 3.00. The van der Waals surface area contributed by atoms with Gasteiger partial charge in [-0.2, -0.15) is 0 Å². The Labute approximate surface area is 77.1 Å². The van der Waals surface area contributed by atoms with Crippen LogP contribution in [0, 0.1) is 11.8 Å². The van der Waals surface area contributed by atoms with Crippen molar-refractivity contribution in [2.75, 3.05) is 0 Å². The van der Waals surface area contributed by atoms with E-state index >= 15 is 0 Å². The first-order chi connectivity index (χ1) is 5.86. The van der Waals surface area contributed by atoms with Crippen LogP contribution in [0.2, 0.25) is 0 Å². The van der Waals surface area contributed by atoms with Gasteiger partial charge in [-0.25, -0.2) is 0 Å². The Bertz CT molecular complexity index is 131. The van der Waals surface area contributed by atoms with E-state index in [9.17, 15) is 0 Å². The van der Waals surface area contributed by atoms with Gasteiger partial charge in [-0.05, 0) is 37.5 Å². The van der Waals surface area contributed by atoms with Crippen LogP contribution in [0.15, 0.2) is 12.2 Å². The van der Waals surface area contributed by atoms with Gasteiger partial charge in [0.2, 0.25) is 0 Å². The molecule has 0 aliphatic heterocycles. The molecular weight excluding hydrogens is 144 g/mol. The highest BCUT2D eigenvalue weighted by molar-refractivity contribution is 4.93. The molecule has 0 heteroatoms. The second-order valence-corrected chi connectivity index (χ2v) is 4.04. The molecule has 0 saturated heterocycles. The lowest BCUT2D eigenvalue weighted by atomic mass is 9.85. The zero-order chi connectivity index (χ0) is 8.81. The first-order valence-corrected chi connectivity index (χ1v) is 5.53. The average Bonchev–Trinajstić information content (AvgIpc) is 2.16. The van der Waals surface area contributed by atoms with Crippen molar-refractivity contribution >= 4 is 0 Å². The van der Waals surface area contributed by atoms with Crippen LogP contribution in [0.3, 0.4) is 0 Å². The Morgan fingerprint density at radius 2 is 2.08 bits per heavy atom. The number of rotatable bonds is 4. The molecule has 0 saturated carbocycles. The number of hydrogen-bond acceptors (Lipinski definition) is 0. The van der Waals surface area contributed by atoms with Crippen molar-refractivity contribution in [1.82, 2.24) is 0 Å². The van der Waals surface area contributed by atoms with Gasteiger partial charge in [-0.15, -0.1) is 0 Å². The molecule has 1 aliphatic carbocycles. The second kappa shape index (κ2) is 5.40. The number of allylic oxidation sites excluding steroid dienone is 2. The SMILES string of the molecule is CCC(CC)CC1C=CCCC1. The minimum absolute atomic E-state index is 0.906. The highest BCUT2D eigenvalue weighted by Crippen LogP contribution is 2.26. The smallest absolute Gasteiger partial charge is 0.0231 e. The summed E-state index contributed by atoms with van der Waals surface area (Å²) in [5.74, 6) is 1.88. The molecule has 0 heterocycles. The van der Waals surface area contributed by atoms with Crippen LogP contribution in [-0.2, 0) is 0 Å². The van der Waals surface area contributed by atoms with E-state index in [-0.39, 0.29) is 0 Å². The fourth-order valence-corrected chi connectivity index (χ4v) is 2.13. The minimum Gasteiger partial charge on any atom is -0.0883 e. The largest absolute Gasteiger partial charge is 0.0883 e. The lowest BCUT2D eigenvalue weighted by molar-refractivity contribution is 0.370. The molecule has 1 aliphatic rings. The van der Waals surface area contributed by atoms with Gasteiger partial charge < -0.3 is 0 Å². The van der Waals surface area contributed by atoms with Gasteiger partial charge in [-0.3, -0.25) is 0 Å². The molecule has 0 amide bonds. The van der Waals surface area contributed by atoms with Gasteiger partial charge in [0.1, 0.15) is 0 Å². The van der Waals surface area contributed by atoms with Crippen LogP contribution >= 0.6 is 0 Å². The van der Waals surface area contributed by atoms with E-state index < -0.39 is 0 Å². The predicted molar refractivity (Wildman–Crippen MR) is 55.2 cm³/mol. The Morgan fingerprint density at radius 1 is 1.33 bits per heavy atom. The van der Waals surface area contributed by atoms with Crippen LogP contribution in [0.4, 0.5) is 0 Å². The van der Waals surface area contributed by atoms with Crippen molar-refractivity contribution in [2.24, 2.45) is 11.8 Å². The molecule has 0 aromatic carbocycles. The first kappa shape index (κ1) is 9.83. The first-order valence-electron chi connectivity index (χ1n) is 5.53. The summed E-state index contributed by atoms with van der Waals surface area (Å²) in [7, 11) is 0. The topological polar surface area (TPSA) is 0 Å². The molecule has 12 heavy (non-hydrogen) atoms. The summed E-state index contributed by atoms with van der Waals surface area (Å²) in [5, 5.41) is 0. The monoisotopic (exact) mass is 166 g/mol. The van der Waals surface area contributed by atoms with Crippen molar-refractivity contribution in [2.45, 2.75) is 52.4 Å². The Morgan fingerprint density at radius 3 is 2.58 bits per heavy atom. The zero-order valence-corrected chi connectivity index (χ0v) is 8.55. The van der Waals surface area contributed by atoms with Crippen LogP contribution in [-0.4, -0.2) is 0 Å². The van der Waals surface area contributed by atoms with Crippen molar-refractivity contribution in [3.8, 4) is 0 Å². The summed E-state index contributed by atoms with van der Waals surface area (Å²) >= 11 is 0. The fourth-order valence-electron chi connectivity index (χ4n) is 2.13. The summed E-state index contributed by atoms with van der Waals surface area (Å²) < 4.78 is 0. The summed E-state index contributed by atoms with van der Waals surface area (Å²) in [6, 6.07) is 0. The molecule has 0 aromatic rings. The average molecular weight is 166 g/mol. The molecule has 0 fully saturated rings. The van der Waals surface area contributed by atoms with Gasteiger partial charge in [-0.1, -0.05) is 38.8 Å². The van der Waals surface area contributed by atoms with Gasteiger partial charge >= 0.3 is 0 Å². The molecule has 1 unspecified atom stereocenters. The molecule has 0 aromatic heterocycles. The summed E-state index contributed by atoms with van der Waals surface area (Å²) in [4.78, 5) is 0. The third-order valence-electron chi connectivity index (χ3n) is 3.14. The second-order valence-electron chi connectivity index (χ2n) is 4.04. The molecule has 0 radical (unpaired) electrons. The van der Waals surface area contributed by atoms with Gasteiger partial charge in [0.15, 0.2) is 0 Å². The summed E-state index contributed by atoms with van der Waals surface area (Å²) in [6.45, 7) is 4.64. The normalized spacial score (nSPS) is 23.4. The number of hydrogen-bond donors (Lipinski definition) is 0. The minimum atomic E-state index is 0.906. The molecule has 70 valence electrons. The fraction of sp³-hybridized carbons (Fsp3) is 0.833. The quantitative estimate of drug-likeness (QED) is 0.550. The lowest BCUT2D eigenvalue weighted by Gasteiger charge is -2.21. The van der Waals surface area contributed by atoms with E-state index in [1.807, 2.05) is 0 Å². The van der Waals surface area contributed by atoms with Crippen LogP contribution in [0.1, 0.15) is 52.4 Å². The van der Waals surface area contributed by atoms with Gasteiger partial charge in [0, 0.05) is 0 Å². The van der Waals surface area contributed by atoms with E-state index in [2.05, 4.69) is 26.0 Å². The zero-order valence-electron chi connectivity index (χ0n) is 8.55. The Kier molecular flexibility index (Phi) is 4.42. The maximum Gasteiger partial charge on any atom is -0.0231 e. The standard InChI is InChI=1S/C12H22/c1-3-11(4-2)10-12-8-6-5-7-9-12/h6,8,11-12H,3-5,7,9-10H2,1-2H3. The van der Waals surface area contributed by atoms with Crippen LogP contribution < -0.4 is 0 Å². The van der Waals surface area contributed by atoms with Crippen molar-refractivity contribution in [3.63, 3.8) is 0 Å². The van der Waals surface area contributed by atoms with Crippen molar-refractivity contribution in [3.05, 3.63) is 12.2 Å². The van der Waals surface area contributed by atoms with Gasteiger partial charge in [0.05, 0.1) is 0 Å².